The number of fused-ring (bicyclic) bond motifs is 3. The molecule has 0 aromatic heterocycles. The molecule has 5 rings (SSSR count). The summed E-state index contributed by atoms with van der Waals surface area (Å²) in [6, 6.07) is 14.1. The van der Waals surface area contributed by atoms with Crippen molar-refractivity contribution in [2.24, 2.45) is 0 Å². The van der Waals surface area contributed by atoms with E-state index >= 15 is 0 Å². The van der Waals surface area contributed by atoms with Gasteiger partial charge in [-0.05, 0) is 0 Å². The number of rotatable bonds is 2. The van der Waals surface area contributed by atoms with Crippen LogP contribution >= 0.6 is 0 Å². The fourth-order valence-corrected chi connectivity index (χ4v) is 13.7. The first-order valence-electron chi connectivity index (χ1n) is 10.1. The van der Waals surface area contributed by atoms with Crippen LogP contribution in [0.25, 0.3) is 11.1 Å². The van der Waals surface area contributed by atoms with Crippen LogP contribution in [0.4, 0.5) is 0 Å². The molecule has 0 unspecified atom stereocenters. The number of benzene rings is 2. The molecule has 2 aromatic carbocycles. The van der Waals surface area contributed by atoms with Crippen molar-refractivity contribution in [3.05, 3.63) is 74.6 Å². The summed E-state index contributed by atoms with van der Waals surface area (Å²) in [5, 5.41) is 0. The van der Waals surface area contributed by atoms with E-state index in [9.17, 15) is 0 Å². The quantitative estimate of drug-likeness (QED) is 0.469. The summed E-state index contributed by atoms with van der Waals surface area (Å²) < 4.78 is 5.59. The molecule has 0 heterocycles. The molecule has 0 radical (unpaired) electrons. The normalized spacial score (nSPS) is 16.3. The van der Waals surface area contributed by atoms with Crippen molar-refractivity contribution in [2.45, 2.75) is 51.9 Å². The van der Waals surface area contributed by atoms with Gasteiger partial charge >= 0.3 is 165 Å². The van der Waals surface area contributed by atoms with E-state index in [1.807, 2.05) is 6.49 Å². The maximum atomic E-state index is 2.58. The predicted molar refractivity (Wildman–Crippen MR) is 109 cm³/mol. The van der Waals surface area contributed by atoms with Gasteiger partial charge in [0.05, 0.1) is 0 Å². The van der Waals surface area contributed by atoms with E-state index in [2.05, 4.69) is 61.5 Å². The van der Waals surface area contributed by atoms with Gasteiger partial charge in [-0.25, -0.2) is 0 Å². The fourth-order valence-electron chi connectivity index (χ4n) is 5.05. The molecule has 0 N–H and O–H groups in total. The van der Waals surface area contributed by atoms with E-state index in [0.717, 1.165) is 6.42 Å². The molecule has 144 valence electrons. The molecule has 1 fully saturated rings. The van der Waals surface area contributed by atoms with Crippen molar-refractivity contribution in [2.75, 3.05) is 0 Å². The van der Waals surface area contributed by atoms with Crippen LogP contribution in [0, 0.1) is 6.92 Å². The van der Waals surface area contributed by atoms with Crippen LogP contribution in [0.2, 0.25) is 0 Å². The number of hydrogen-bond donors (Lipinski definition) is 0. The molecule has 3 aliphatic rings. The van der Waals surface area contributed by atoms with Gasteiger partial charge in [-0.3, -0.25) is 0 Å². The van der Waals surface area contributed by atoms with Crippen LogP contribution in [0.5, 0.6) is 0 Å². The second-order valence-electron chi connectivity index (χ2n) is 8.04. The molecule has 0 saturated heterocycles. The topological polar surface area (TPSA) is 0 Å². The Morgan fingerprint density at radius 3 is 2.43 bits per heavy atom. The maximum absolute atomic E-state index is 2.58. The van der Waals surface area contributed by atoms with E-state index in [0.29, 0.717) is 0 Å². The van der Waals surface area contributed by atoms with E-state index in [-0.39, 0.29) is 24.8 Å². The molecule has 3 heteroatoms. The molecule has 1 saturated carbocycles. The SMILES string of the molecule is Cc1cc2c([c]([Zr+2]([C]3=CC=CC3)=[C]3CCCCC3)c1)Cc1ccccc1-2.[Cl-].[Cl-]. The van der Waals surface area contributed by atoms with Crippen LogP contribution in [-0.2, 0) is 27.7 Å². The maximum Gasteiger partial charge on any atom is -1.00 e. The van der Waals surface area contributed by atoms with Crippen molar-refractivity contribution in [3.63, 3.8) is 0 Å². The first kappa shape index (κ1) is 21.9. The Morgan fingerprint density at radius 1 is 0.893 bits per heavy atom. The van der Waals surface area contributed by atoms with Crippen LogP contribution in [-0.4, -0.2) is 3.21 Å². The molecular formula is C25H26Cl2Zr. The zero-order valence-electron chi connectivity index (χ0n) is 16.4. The van der Waals surface area contributed by atoms with Crippen LogP contribution in [0.3, 0.4) is 0 Å². The summed E-state index contributed by atoms with van der Waals surface area (Å²) in [6.45, 7) is 2.30. The Hall–Kier alpha value is -0.747. The summed E-state index contributed by atoms with van der Waals surface area (Å²) >= 11 is -1.94. The average molecular weight is 489 g/mol. The standard InChI is InChI=1S/C14H11.C6H10.C5H5.2ClH.Zr/c1-10-6-7-12-9-11-4-2-3-5-13(11)14(12)8-10;1-2-4-6-5-3-1;1-2-4-5-3-1;;;/h2-6,8H,9H2,1H3;1-5H2;1-3H,4H2;2*1H;/q;;;;;+2/p-2. The first-order valence-corrected chi connectivity index (χ1v) is 13.8. The molecule has 0 bridgehead atoms. The van der Waals surface area contributed by atoms with Gasteiger partial charge in [-0.2, -0.15) is 0 Å². The molecule has 0 amide bonds. The average Bonchev–Trinajstić information content (AvgIpc) is 3.31. The molecule has 3 aliphatic carbocycles. The third kappa shape index (κ3) is 3.96. The van der Waals surface area contributed by atoms with Crippen molar-refractivity contribution < 1.29 is 46.1 Å². The minimum Gasteiger partial charge on any atom is -1.00 e. The Bertz CT molecular complexity index is 974. The zero-order valence-corrected chi connectivity index (χ0v) is 20.4. The monoisotopic (exact) mass is 486 g/mol. The zero-order chi connectivity index (χ0) is 17.5. The number of aryl methyl sites for hydroxylation is 1. The van der Waals surface area contributed by atoms with Crippen molar-refractivity contribution in [1.82, 2.24) is 0 Å². The minimum absolute atomic E-state index is 0. The van der Waals surface area contributed by atoms with Crippen LogP contribution in [0.15, 0.2) is 57.9 Å². The Balaban J connectivity index is 0.00000112. The molecule has 0 aliphatic heterocycles. The summed E-state index contributed by atoms with van der Waals surface area (Å²) in [7, 11) is 0. The summed E-state index contributed by atoms with van der Waals surface area (Å²) in [4.78, 5) is 0. The summed E-state index contributed by atoms with van der Waals surface area (Å²) in [5.74, 6) is 0. The molecule has 0 nitrogen and oxygen atoms in total. The van der Waals surface area contributed by atoms with Gasteiger partial charge in [-0.1, -0.05) is 0 Å². The third-order valence-corrected chi connectivity index (χ3v) is 14.1. The van der Waals surface area contributed by atoms with Gasteiger partial charge in [-0.15, -0.1) is 0 Å². The number of allylic oxidation sites excluding steroid dienone is 4. The Kier molecular flexibility index (Phi) is 7.35. The van der Waals surface area contributed by atoms with E-state index in [1.165, 1.54) is 60.8 Å². The molecule has 2 aromatic rings. The van der Waals surface area contributed by atoms with Crippen LogP contribution in [0.1, 0.15) is 55.2 Å². The molecule has 0 atom stereocenters. The smallest absolute Gasteiger partial charge is 1.00 e. The summed E-state index contributed by atoms with van der Waals surface area (Å²) in [5.41, 5.74) is 7.69. The van der Waals surface area contributed by atoms with Gasteiger partial charge in [0, 0.05) is 0 Å². The fraction of sp³-hybridized carbons (Fsp3) is 0.320. The van der Waals surface area contributed by atoms with Gasteiger partial charge in [0.1, 0.15) is 0 Å². The third-order valence-electron chi connectivity index (χ3n) is 6.24. The Labute approximate surface area is 189 Å². The van der Waals surface area contributed by atoms with Crippen LogP contribution < -0.4 is 28.1 Å². The van der Waals surface area contributed by atoms with Crippen molar-refractivity contribution >= 4 is 6.48 Å². The van der Waals surface area contributed by atoms with E-state index in [4.69, 9.17) is 0 Å². The molecule has 0 spiro atoms. The van der Waals surface area contributed by atoms with Crippen molar-refractivity contribution in [1.29, 1.82) is 0 Å². The van der Waals surface area contributed by atoms with Crippen molar-refractivity contribution in [3.8, 4) is 11.1 Å². The molecular weight excluding hydrogens is 462 g/mol. The molecule has 28 heavy (non-hydrogen) atoms. The largest absolute Gasteiger partial charge is 1.00 e. The second-order valence-corrected chi connectivity index (χ2v) is 14.5. The predicted octanol–water partition coefficient (Wildman–Crippen LogP) is -0.202. The van der Waals surface area contributed by atoms with E-state index < -0.39 is 21.3 Å². The number of hydrogen-bond acceptors (Lipinski definition) is 0. The van der Waals surface area contributed by atoms with Gasteiger partial charge in [0.15, 0.2) is 0 Å². The second kappa shape index (κ2) is 9.38. The number of halogens is 2. The minimum atomic E-state index is -1.94. The van der Waals surface area contributed by atoms with Gasteiger partial charge in [0.25, 0.3) is 0 Å². The summed E-state index contributed by atoms with van der Waals surface area (Å²) in [6.07, 6.45) is 16.6. The van der Waals surface area contributed by atoms with Gasteiger partial charge in [0.2, 0.25) is 0 Å². The first-order chi connectivity index (χ1) is 12.8. The Morgan fingerprint density at radius 2 is 1.68 bits per heavy atom. The van der Waals surface area contributed by atoms with Gasteiger partial charge < -0.3 is 24.8 Å². The van der Waals surface area contributed by atoms with E-state index in [1.54, 1.807) is 8.83 Å².